The number of hydrogen-bond donors (Lipinski definition) is 0. The smallest absolute Gasteiger partial charge is 0.227 e. The molecule has 3 nitrogen and oxygen atoms in total. The third kappa shape index (κ3) is 2.23. The molecule has 0 spiro atoms. The van der Waals surface area contributed by atoms with Gasteiger partial charge in [0.15, 0.2) is 11.6 Å². The summed E-state index contributed by atoms with van der Waals surface area (Å²) in [6.45, 7) is 7.02. The van der Waals surface area contributed by atoms with Crippen molar-refractivity contribution in [1.82, 2.24) is 4.57 Å². The van der Waals surface area contributed by atoms with Crippen LogP contribution in [0, 0.1) is 5.82 Å². The molecule has 4 heteroatoms. The standard InChI is InChI=1S/C14H16FNO2/c1-9(17)16-8-7-10-11(16)5-6-12(13(10)15)18-14(2,3)4/h5-8H,1-4H3. The van der Waals surface area contributed by atoms with E-state index >= 15 is 0 Å². The molecular formula is C14H16FNO2. The van der Waals surface area contributed by atoms with Crippen LogP contribution in [0.15, 0.2) is 24.4 Å². The lowest BCUT2D eigenvalue weighted by atomic mass is 10.1. The monoisotopic (exact) mass is 249 g/mol. The fraction of sp³-hybridized carbons (Fsp3) is 0.357. The van der Waals surface area contributed by atoms with Crippen molar-refractivity contribution in [3.05, 3.63) is 30.2 Å². The van der Waals surface area contributed by atoms with Gasteiger partial charge in [0, 0.05) is 18.5 Å². The molecule has 0 fully saturated rings. The summed E-state index contributed by atoms with van der Waals surface area (Å²) in [7, 11) is 0. The SMILES string of the molecule is CC(=O)n1ccc2c(F)c(OC(C)(C)C)ccc21. The van der Waals surface area contributed by atoms with Gasteiger partial charge in [-0.1, -0.05) is 0 Å². The lowest BCUT2D eigenvalue weighted by Gasteiger charge is -2.21. The van der Waals surface area contributed by atoms with Crippen molar-refractivity contribution < 1.29 is 13.9 Å². The molecule has 1 aromatic carbocycles. The Balaban J connectivity index is 2.56. The second-order valence-electron chi connectivity index (χ2n) is 5.23. The summed E-state index contributed by atoms with van der Waals surface area (Å²) in [6.07, 6.45) is 1.57. The predicted molar refractivity (Wildman–Crippen MR) is 68.6 cm³/mol. The molecule has 0 bridgehead atoms. The highest BCUT2D eigenvalue weighted by Gasteiger charge is 2.18. The average molecular weight is 249 g/mol. The quantitative estimate of drug-likeness (QED) is 0.773. The molecule has 1 heterocycles. The van der Waals surface area contributed by atoms with Crippen LogP contribution in [0.3, 0.4) is 0 Å². The van der Waals surface area contributed by atoms with Gasteiger partial charge >= 0.3 is 0 Å². The van der Waals surface area contributed by atoms with E-state index < -0.39 is 11.4 Å². The molecule has 2 rings (SSSR count). The molecule has 0 atom stereocenters. The van der Waals surface area contributed by atoms with Crippen LogP contribution >= 0.6 is 0 Å². The number of benzene rings is 1. The molecule has 96 valence electrons. The Kier molecular flexibility index (Phi) is 2.89. The second kappa shape index (κ2) is 4.12. The molecule has 0 amide bonds. The highest BCUT2D eigenvalue weighted by atomic mass is 19.1. The molecule has 0 N–H and O–H groups in total. The topological polar surface area (TPSA) is 31.2 Å². The number of carbonyl (C=O) groups excluding carboxylic acids is 1. The molecule has 2 aromatic rings. The minimum atomic E-state index is -0.461. The van der Waals surface area contributed by atoms with Crippen LogP contribution in [0.1, 0.15) is 32.5 Å². The molecule has 0 aliphatic heterocycles. The van der Waals surface area contributed by atoms with Crippen LogP contribution in [-0.4, -0.2) is 16.1 Å². The van der Waals surface area contributed by atoms with Crippen molar-refractivity contribution in [2.45, 2.75) is 33.3 Å². The Morgan fingerprint density at radius 3 is 2.50 bits per heavy atom. The lowest BCUT2D eigenvalue weighted by Crippen LogP contribution is -2.23. The van der Waals surface area contributed by atoms with E-state index in [1.165, 1.54) is 11.5 Å². The first-order valence-corrected chi connectivity index (χ1v) is 5.79. The number of carbonyl (C=O) groups is 1. The number of ether oxygens (including phenoxy) is 1. The van der Waals surface area contributed by atoms with Gasteiger partial charge in [0.1, 0.15) is 5.60 Å². The molecular weight excluding hydrogens is 233 g/mol. The summed E-state index contributed by atoms with van der Waals surface area (Å²) >= 11 is 0. The average Bonchev–Trinajstić information content (AvgIpc) is 2.64. The van der Waals surface area contributed by atoms with E-state index in [4.69, 9.17) is 4.74 Å². The Bertz CT molecular complexity index is 608. The fourth-order valence-corrected chi connectivity index (χ4v) is 1.84. The highest BCUT2D eigenvalue weighted by molar-refractivity contribution is 5.92. The zero-order valence-electron chi connectivity index (χ0n) is 11.0. The second-order valence-corrected chi connectivity index (χ2v) is 5.23. The van der Waals surface area contributed by atoms with Gasteiger partial charge in [-0.15, -0.1) is 0 Å². The number of aromatic nitrogens is 1. The van der Waals surface area contributed by atoms with Crippen molar-refractivity contribution >= 4 is 16.8 Å². The molecule has 0 saturated heterocycles. The van der Waals surface area contributed by atoms with E-state index in [1.54, 1.807) is 24.4 Å². The van der Waals surface area contributed by atoms with Gasteiger partial charge < -0.3 is 4.74 Å². The number of fused-ring (bicyclic) bond motifs is 1. The summed E-state index contributed by atoms with van der Waals surface area (Å²) < 4.78 is 21.2. The van der Waals surface area contributed by atoms with Crippen molar-refractivity contribution in [3.63, 3.8) is 0 Å². The van der Waals surface area contributed by atoms with Gasteiger partial charge in [-0.3, -0.25) is 9.36 Å². The molecule has 0 radical (unpaired) electrons. The summed E-state index contributed by atoms with van der Waals surface area (Å²) in [6, 6.07) is 4.84. The Hall–Kier alpha value is -1.84. The molecule has 18 heavy (non-hydrogen) atoms. The van der Waals surface area contributed by atoms with Crippen molar-refractivity contribution in [2.24, 2.45) is 0 Å². The van der Waals surface area contributed by atoms with Crippen LogP contribution < -0.4 is 4.74 Å². The molecule has 0 aliphatic carbocycles. The van der Waals surface area contributed by atoms with Crippen molar-refractivity contribution in [3.8, 4) is 5.75 Å². The maximum Gasteiger partial charge on any atom is 0.227 e. The third-order valence-electron chi connectivity index (χ3n) is 2.53. The van der Waals surface area contributed by atoms with Gasteiger partial charge in [-0.2, -0.15) is 0 Å². The first-order chi connectivity index (χ1) is 8.29. The zero-order chi connectivity index (χ0) is 13.5. The van der Waals surface area contributed by atoms with Gasteiger partial charge in [-0.25, -0.2) is 4.39 Å². The van der Waals surface area contributed by atoms with E-state index in [2.05, 4.69) is 0 Å². The van der Waals surface area contributed by atoms with E-state index in [1.807, 2.05) is 20.8 Å². The predicted octanol–water partition coefficient (Wildman–Crippen LogP) is 3.62. The maximum absolute atomic E-state index is 14.2. The van der Waals surface area contributed by atoms with Gasteiger partial charge in [0.2, 0.25) is 5.91 Å². The first-order valence-electron chi connectivity index (χ1n) is 5.79. The Labute approximate surface area is 105 Å². The molecule has 0 aliphatic rings. The summed E-state index contributed by atoms with van der Waals surface area (Å²) in [4.78, 5) is 11.4. The minimum Gasteiger partial charge on any atom is -0.485 e. The summed E-state index contributed by atoms with van der Waals surface area (Å²) in [5.41, 5.74) is 0.0961. The number of hydrogen-bond acceptors (Lipinski definition) is 2. The van der Waals surface area contributed by atoms with E-state index in [9.17, 15) is 9.18 Å². The summed E-state index contributed by atoms with van der Waals surface area (Å²) in [5.74, 6) is -0.368. The first kappa shape index (κ1) is 12.6. The van der Waals surface area contributed by atoms with E-state index in [0.717, 1.165) is 0 Å². The fourth-order valence-electron chi connectivity index (χ4n) is 1.84. The third-order valence-corrected chi connectivity index (χ3v) is 2.53. The molecule has 0 saturated carbocycles. The Morgan fingerprint density at radius 2 is 1.94 bits per heavy atom. The Morgan fingerprint density at radius 1 is 1.28 bits per heavy atom. The van der Waals surface area contributed by atoms with E-state index in [0.29, 0.717) is 10.9 Å². The van der Waals surface area contributed by atoms with Crippen LogP contribution in [0.25, 0.3) is 10.9 Å². The van der Waals surface area contributed by atoms with Gasteiger partial charge in [-0.05, 0) is 39.0 Å². The number of nitrogens with zero attached hydrogens (tertiary/aromatic N) is 1. The van der Waals surface area contributed by atoms with Crippen LogP contribution in [0.5, 0.6) is 5.75 Å². The van der Waals surface area contributed by atoms with Gasteiger partial charge in [0.05, 0.1) is 5.52 Å². The lowest BCUT2D eigenvalue weighted by molar-refractivity contribution is 0.0941. The van der Waals surface area contributed by atoms with E-state index in [-0.39, 0.29) is 11.7 Å². The van der Waals surface area contributed by atoms with Crippen LogP contribution in [0.2, 0.25) is 0 Å². The maximum atomic E-state index is 14.2. The largest absolute Gasteiger partial charge is 0.485 e. The van der Waals surface area contributed by atoms with Gasteiger partial charge in [0.25, 0.3) is 0 Å². The normalized spacial score (nSPS) is 11.8. The molecule has 0 unspecified atom stereocenters. The van der Waals surface area contributed by atoms with Crippen LogP contribution in [-0.2, 0) is 0 Å². The van der Waals surface area contributed by atoms with Crippen molar-refractivity contribution in [1.29, 1.82) is 0 Å². The summed E-state index contributed by atoms with van der Waals surface area (Å²) in [5, 5.41) is 0.395. The number of halogens is 1. The zero-order valence-corrected chi connectivity index (χ0v) is 11.0. The van der Waals surface area contributed by atoms with Crippen molar-refractivity contribution in [2.75, 3.05) is 0 Å². The number of rotatable bonds is 1. The van der Waals surface area contributed by atoms with Crippen LogP contribution in [0.4, 0.5) is 4.39 Å². The molecule has 1 aromatic heterocycles. The highest BCUT2D eigenvalue weighted by Crippen LogP contribution is 2.29. The minimum absolute atomic E-state index is 0.145.